The molecule has 0 N–H and O–H groups in total. The predicted octanol–water partition coefficient (Wildman–Crippen LogP) is 5.61. The van der Waals surface area contributed by atoms with Gasteiger partial charge in [0, 0.05) is 5.56 Å². The molecular weight excluding hydrogens is 339 g/mol. The van der Waals surface area contributed by atoms with Crippen LogP contribution in [0, 0.1) is 11.6 Å². The van der Waals surface area contributed by atoms with Gasteiger partial charge in [-0.1, -0.05) is 31.2 Å². The van der Waals surface area contributed by atoms with Gasteiger partial charge in [0.15, 0.2) is 11.6 Å². The van der Waals surface area contributed by atoms with E-state index in [1.165, 1.54) is 12.1 Å². The van der Waals surface area contributed by atoms with Crippen molar-refractivity contribution in [3.05, 3.63) is 70.3 Å². The third-order valence-electron chi connectivity index (χ3n) is 4.25. The van der Waals surface area contributed by atoms with Crippen molar-refractivity contribution >= 4 is 5.57 Å². The Morgan fingerprint density at radius 2 is 1.84 bits per heavy atom. The van der Waals surface area contributed by atoms with Crippen LogP contribution < -0.4 is 4.74 Å². The number of halogens is 5. The standard InChI is InChI=1S/C19H15F5O/c1-2-11-3-6-14(16(20)9-11)12-4-7-15-13(10-12)5-8-17(18(15)21)25-19(22,23)24/h3-6,8-9H,2,7,10H2,1H3. The predicted molar refractivity (Wildman–Crippen MR) is 84.2 cm³/mol. The largest absolute Gasteiger partial charge is 0.573 e. The zero-order chi connectivity index (χ0) is 18.2. The lowest BCUT2D eigenvalue weighted by Gasteiger charge is -2.20. The monoisotopic (exact) mass is 354 g/mol. The first kappa shape index (κ1) is 17.5. The first-order valence-corrected chi connectivity index (χ1v) is 7.82. The van der Waals surface area contributed by atoms with E-state index in [-0.39, 0.29) is 24.2 Å². The minimum absolute atomic E-state index is 0.0839. The van der Waals surface area contributed by atoms with E-state index < -0.39 is 17.9 Å². The molecule has 0 saturated carbocycles. The van der Waals surface area contributed by atoms with E-state index in [9.17, 15) is 22.0 Å². The molecule has 0 unspecified atom stereocenters. The van der Waals surface area contributed by atoms with Crippen molar-refractivity contribution in [3.63, 3.8) is 0 Å². The van der Waals surface area contributed by atoms with Gasteiger partial charge in [0.2, 0.25) is 0 Å². The molecule has 0 radical (unpaired) electrons. The van der Waals surface area contributed by atoms with Gasteiger partial charge >= 0.3 is 6.36 Å². The first-order chi connectivity index (χ1) is 11.8. The maximum absolute atomic E-state index is 14.3. The van der Waals surface area contributed by atoms with E-state index in [1.54, 1.807) is 12.1 Å². The van der Waals surface area contributed by atoms with E-state index in [4.69, 9.17) is 0 Å². The molecule has 0 saturated heterocycles. The molecule has 3 rings (SSSR count). The fraction of sp³-hybridized carbons (Fsp3) is 0.263. The highest BCUT2D eigenvalue weighted by molar-refractivity contribution is 5.71. The van der Waals surface area contributed by atoms with Crippen molar-refractivity contribution in [1.29, 1.82) is 0 Å². The highest BCUT2D eigenvalue weighted by Gasteiger charge is 2.33. The molecule has 0 bridgehead atoms. The Morgan fingerprint density at radius 1 is 1.08 bits per heavy atom. The summed E-state index contributed by atoms with van der Waals surface area (Å²) in [6.07, 6.45) is -2.25. The molecule has 2 aromatic rings. The number of hydrogen-bond donors (Lipinski definition) is 0. The van der Waals surface area contributed by atoms with Crippen LogP contribution in [0.15, 0.2) is 36.4 Å². The molecule has 1 aliphatic carbocycles. The van der Waals surface area contributed by atoms with Crippen LogP contribution in [0.2, 0.25) is 0 Å². The number of fused-ring (bicyclic) bond motifs is 1. The molecule has 0 atom stereocenters. The number of alkyl halides is 3. The number of benzene rings is 2. The van der Waals surface area contributed by atoms with Crippen molar-refractivity contribution < 1.29 is 26.7 Å². The Morgan fingerprint density at radius 3 is 2.48 bits per heavy atom. The maximum Gasteiger partial charge on any atom is 0.573 e. The summed E-state index contributed by atoms with van der Waals surface area (Å²) in [5, 5.41) is 0. The third kappa shape index (κ3) is 3.67. The van der Waals surface area contributed by atoms with Crippen LogP contribution in [-0.4, -0.2) is 6.36 Å². The molecule has 2 aromatic carbocycles. The molecular formula is C19H15F5O. The Balaban J connectivity index is 1.90. The van der Waals surface area contributed by atoms with Crippen molar-refractivity contribution in [2.45, 2.75) is 32.5 Å². The summed E-state index contributed by atoms with van der Waals surface area (Å²) < 4.78 is 69.1. The van der Waals surface area contributed by atoms with Gasteiger partial charge in [-0.05, 0) is 53.7 Å². The lowest BCUT2D eigenvalue weighted by molar-refractivity contribution is -0.275. The molecule has 1 nitrogen and oxygen atoms in total. The summed E-state index contributed by atoms with van der Waals surface area (Å²) >= 11 is 0. The number of aryl methyl sites for hydroxylation is 1. The van der Waals surface area contributed by atoms with Crippen LogP contribution in [0.5, 0.6) is 5.75 Å². The second-order valence-corrected chi connectivity index (χ2v) is 5.84. The summed E-state index contributed by atoms with van der Waals surface area (Å²) in [5.41, 5.74) is 2.67. The Kier molecular flexibility index (Phi) is 4.54. The fourth-order valence-corrected chi connectivity index (χ4v) is 2.98. The summed E-state index contributed by atoms with van der Waals surface area (Å²) in [6, 6.07) is 7.33. The van der Waals surface area contributed by atoms with Crippen molar-refractivity contribution in [1.82, 2.24) is 0 Å². The highest BCUT2D eigenvalue weighted by atomic mass is 19.4. The lowest BCUT2D eigenvalue weighted by atomic mass is 9.87. The Bertz CT molecular complexity index is 836. The molecule has 0 spiro atoms. The number of ether oxygens (including phenoxy) is 1. The fourth-order valence-electron chi connectivity index (χ4n) is 2.98. The molecule has 25 heavy (non-hydrogen) atoms. The highest BCUT2D eigenvalue weighted by Crippen LogP contribution is 2.35. The van der Waals surface area contributed by atoms with Crippen LogP contribution >= 0.6 is 0 Å². The Hall–Kier alpha value is -2.37. The molecule has 132 valence electrons. The minimum Gasteiger partial charge on any atom is -0.403 e. The summed E-state index contributed by atoms with van der Waals surface area (Å²) in [6.45, 7) is 1.92. The van der Waals surface area contributed by atoms with Crippen molar-refractivity contribution in [3.8, 4) is 5.75 Å². The van der Waals surface area contributed by atoms with Gasteiger partial charge < -0.3 is 4.74 Å². The van der Waals surface area contributed by atoms with E-state index in [1.807, 2.05) is 13.0 Å². The van der Waals surface area contributed by atoms with Crippen LogP contribution in [-0.2, 0) is 19.3 Å². The minimum atomic E-state index is -4.95. The van der Waals surface area contributed by atoms with E-state index in [2.05, 4.69) is 4.74 Å². The molecule has 1 aliphatic rings. The van der Waals surface area contributed by atoms with E-state index >= 15 is 0 Å². The molecule has 0 heterocycles. The summed E-state index contributed by atoms with van der Waals surface area (Å²) in [4.78, 5) is 0. The van der Waals surface area contributed by atoms with Crippen LogP contribution in [0.25, 0.3) is 5.57 Å². The van der Waals surface area contributed by atoms with Gasteiger partial charge in [-0.3, -0.25) is 0 Å². The van der Waals surface area contributed by atoms with Crippen LogP contribution in [0.3, 0.4) is 0 Å². The van der Waals surface area contributed by atoms with E-state index in [0.29, 0.717) is 23.1 Å². The SMILES string of the molecule is CCc1ccc(C2=CCc3c(ccc(OC(F)(F)F)c3F)C2)c(F)c1. The number of rotatable bonds is 3. The van der Waals surface area contributed by atoms with Crippen LogP contribution in [0.4, 0.5) is 22.0 Å². The van der Waals surface area contributed by atoms with Gasteiger partial charge in [-0.2, -0.15) is 0 Å². The Labute approximate surface area is 141 Å². The lowest BCUT2D eigenvalue weighted by Crippen LogP contribution is -2.19. The summed E-state index contributed by atoms with van der Waals surface area (Å²) in [7, 11) is 0. The molecule has 0 aliphatic heterocycles. The topological polar surface area (TPSA) is 9.23 Å². The normalized spacial score (nSPS) is 14.1. The van der Waals surface area contributed by atoms with Crippen molar-refractivity contribution in [2.75, 3.05) is 0 Å². The average molecular weight is 354 g/mol. The quantitative estimate of drug-likeness (QED) is 0.651. The molecule has 6 heteroatoms. The average Bonchev–Trinajstić information content (AvgIpc) is 2.56. The maximum atomic E-state index is 14.3. The first-order valence-electron chi connectivity index (χ1n) is 7.82. The number of allylic oxidation sites excluding steroid dienone is 2. The smallest absolute Gasteiger partial charge is 0.403 e. The molecule has 0 aromatic heterocycles. The van der Waals surface area contributed by atoms with E-state index in [0.717, 1.165) is 11.6 Å². The zero-order valence-electron chi connectivity index (χ0n) is 13.4. The second kappa shape index (κ2) is 6.50. The van der Waals surface area contributed by atoms with Gasteiger partial charge in [0.05, 0.1) is 0 Å². The summed E-state index contributed by atoms with van der Waals surface area (Å²) in [5.74, 6) is -2.22. The zero-order valence-corrected chi connectivity index (χ0v) is 13.4. The second-order valence-electron chi connectivity index (χ2n) is 5.84. The molecule has 0 amide bonds. The van der Waals surface area contributed by atoms with Gasteiger partial charge in [0.25, 0.3) is 0 Å². The van der Waals surface area contributed by atoms with Crippen LogP contribution in [0.1, 0.15) is 29.2 Å². The number of hydrogen-bond acceptors (Lipinski definition) is 1. The van der Waals surface area contributed by atoms with Gasteiger partial charge in [-0.25, -0.2) is 8.78 Å². The molecule has 0 fully saturated rings. The van der Waals surface area contributed by atoms with Crippen molar-refractivity contribution in [2.24, 2.45) is 0 Å². The van der Waals surface area contributed by atoms with Gasteiger partial charge in [0.1, 0.15) is 5.82 Å². The van der Waals surface area contributed by atoms with Gasteiger partial charge in [-0.15, -0.1) is 13.2 Å². The third-order valence-corrected chi connectivity index (χ3v) is 4.25.